The predicted octanol–water partition coefficient (Wildman–Crippen LogP) is 1.06. The first kappa shape index (κ1) is 14.1. The number of furan rings is 1. The van der Waals surface area contributed by atoms with E-state index < -0.39 is 6.10 Å². The Hall–Kier alpha value is -1.82. The van der Waals surface area contributed by atoms with Gasteiger partial charge in [0.25, 0.3) is 0 Å². The summed E-state index contributed by atoms with van der Waals surface area (Å²) in [7, 11) is 0. The lowest BCUT2D eigenvalue weighted by Crippen LogP contribution is -2.48. The van der Waals surface area contributed by atoms with Gasteiger partial charge in [0.05, 0.1) is 25.0 Å². The maximum atomic E-state index is 12.1. The third-order valence-electron chi connectivity index (χ3n) is 4.26. The van der Waals surface area contributed by atoms with Crippen molar-refractivity contribution in [3.8, 4) is 0 Å². The highest BCUT2D eigenvalue weighted by molar-refractivity contribution is 5.81. The fraction of sp³-hybridized carbons (Fsp3) is 0.600. The van der Waals surface area contributed by atoms with E-state index in [0.717, 1.165) is 25.1 Å². The first-order valence-corrected chi connectivity index (χ1v) is 7.38. The van der Waals surface area contributed by atoms with E-state index in [2.05, 4.69) is 5.32 Å². The summed E-state index contributed by atoms with van der Waals surface area (Å²) in [5.41, 5.74) is 0. The molecule has 114 valence electrons. The number of likely N-dealkylation sites (tertiary alicyclic amines) is 1. The maximum Gasteiger partial charge on any atom is 0.249 e. The van der Waals surface area contributed by atoms with Crippen LogP contribution in [0.15, 0.2) is 22.8 Å². The van der Waals surface area contributed by atoms with Crippen LogP contribution in [0.3, 0.4) is 0 Å². The summed E-state index contributed by atoms with van der Waals surface area (Å²) in [4.78, 5) is 25.5. The van der Waals surface area contributed by atoms with Crippen LogP contribution in [0, 0.1) is 0 Å². The largest absolute Gasteiger partial charge is 0.467 e. The van der Waals surface area contributed by atoms with E-state index in [1.165, 1.54) is 0 Å². The number of rotatable bonds is 3. The Labute approximate surface area is 123 Å². The summed E-state index contributed by atoms with van der Waals surface area (Å²) in [5, 5.41) is 2.83. The number of amides is 2. The van der Waals surface area contributed by atoms with Gasteiger partial charge in [-0.2, -0.15) is 0 Å². The Balaban J connectivity index is 1.52. The van der Waals surface area contributed by atoms with Crippen LogP contribution in [0.1, 0.15) is 31.9 Å². The Morgan fingerprint density at radius 3 is 2.95 bits per heavy atom. The lowest BCUT2D eigenvalue weighted by molar-refractivity contribution is -0.146. The molecule has 3 rings (SSSR count). The van der Waals surface area contributed by atoms with Crippen LogP contribution in [-0.4, -0.2) is 41.5 Å². The van der Waals surface area contributed by atoms with Crippen LogP contribution in [0.4, 0.5) is 0 Å². The quantitative estimate of drug-likeness (QED) is 0.904. The molecule has 0 aromatic carbocycles. The maximum absolute atomic E-state index is 12.1. The molecular formula is C15H20N2O4. The summed E-state index contributed by atoms with van der Waals surface area (Å²) in [6.45, 7) is 2.69. The molecule has 3 heterocycles. The molecule has 6 nitrogen and oxygen atoms in total. The first-order chi connectivity index (χ1) is 10.1. The number of carbonyl (C=O) groups is 2. The molecule has 3 atom stereocenters. The van der Waals surface area contributed by atoms with Gasteiger partial charge in [-0.25, -0.2) is 0 Å². The summed E-state index contributed by atoms with van der Waals surface area (Å²) >= 11 is 0. The van der Waals surface area contributed by atoms with Crippen molar-refractivity contribution in [2.75, 3.05) is 6.54 Å². The number of hydrogen-bond acceptors (Lipinski definition) is 4. The smallest absolute Gasteiger partial charge is 0.249 e. The van der Waals surface area contributed by atoms with Crippen molar-refractivity contribution in [1.29, 1.82) is 0 Å². The van der Waals surface area contributed by atoms with Crippen molar-refractivity contribution in [2.24, 2.45) is 0 Å². The van der Waals surface area contributed by atoms with Crippen molar-refractivity contribution in [1.82, 2.24) is 10.2 Å². The third kappa shape index (κ3) is 2.95. The minimum Gasteiger partial charge on any atom is -0.467 e. The lowest BCUT2D eigenvalue weighted by Gasteiger charge is -2.34. The average Bonchev–Trinajstić information content (AvgIpc) is 3.13. The monoisotopic (exact) mass is 292 g/mol. The van der Waals surface area contributed by atoms with E-state index in [0.29, 0.717) is 13.0 Å². The highest BCUT2D eigenvalue weighted by Crippen LogP contribution is 2.31. The van der Waals surface area contributed by atoms with Gasteiger partial charge in [-0.1, -0.05) is 0 Å². The zero-order valence-corrected chi connectivity index (χ0v) is 12.1. The molecule has 0 spiro atoms. The van der Waals surface area contributed by atoms with E-state index >= 15 is 0 Å². The summed E-state index contributed by atoms with van der Waals surface area (Å²) in [6, 6.07) is 3.74. The molecule has 1 N–H and O–H groups in total. The molecule has 2 aliphatic rings. The Bertz CT molecular complexity index is 514. The highest BCUT2D eigenvalue weighted by Gasteiger charge is 2.42. The normalized spacial score (nSPS) is 28.2. The number of ether oxygens (including phenoxy) is 1. The van der Waals surface area contributed by atoms with Gasteiger partial charge in [0.15, 0.2) is 0 Å². The third-order valence-corrected chi connectivity index (χ3v) is 4.26. The van der Waals surface area contributed by atoms with Gasteiger partial charge in [0, 0.05) is 13.5 Å². The molecule has 2 fully saturated rings. The summed E-state index contributed by atoms with van der Waals surface area (Å²) in [5.74, 6) is 0.707. The van der Waals surface area contributed by atoms with E-state index in [-0.39, 0.29) is 24.0 Å². The summed E-state index contributed by atoms with van der Waals surface area (Å²) < 4.78 is 11.1. The first-order valence-electron chi connectivity index (χ1n) is 7.38. The fourth-order valence-electron chi connectivity index (χ4n) is 3.21. The molecule has 2 amide bonds. The Morgan fingerprint density at radius 1 is 1.38 bits per heavy atom. The molecule has 1 aromatic rings. The molecule has 0 aliphatic carbocycles. The van der Waals surface area contributed by atoms with Gasteiger partial charge in [-0.15, -0.1) is 0 Å². The second-order valence-electron chi connectivity index (χ2n) is 5.61. The molecule has 21 heavy (non-hydrogen) atoms. The van der Waals surface area contributed by atoms with Crippen molar-refractivity contribution in [3.05, 3.63) is 24.2 Å². The van der Waals surface area contributed by atoms with Crippen LogP contribution in [0.2, 0.25) is 0 Å². The minimum atomic E-state index is -0.423. The van der Waals surface area contributed by atoms with Crippen molar-refractivity contribution < 1.29 is 18.7 Å². The van der Waals surface area contributed by atoms with Crippen LogP contribution in [0.5, 0.6) is 0 Å². The minimum absolute atomic E-state index is 0.0120. The van der Waals surface area contributed by atoms with Crippen LogP contribution in [-0.2, 0) is 20.9 Å². The molecule has 0 bridgehead atoms. The van der Waals surface area contributed by atoms with Gasteiger partial charge < -0.3 is 19.4 Å². The van der Waals surface area contributed by atoms with Crippen molar-refractivity contribution >= 4 is 11.8 Å². The SMILES string of the molecule is CC(=O)N1CC[C@H]2O[C@H](C(=O)NCc3ccco3)CC[C@H]21. The van der Waals surface area contributed by atoms with Crippen LogP contribution >= 0.6 is 0 Å². The van der Waals surface area contributed by atoms with Gasteiger partial charge >= 0.3 is 0 Å². The van der Waals surface area contributed by atoms with Gasteiger partial charge in [-0.3, -0.25) is 9.59 Å². The zero-order valence-electron chi connectivity index (χ0n) is 12.1. The topological polar surface area (TPSA) is 71.8 Å². The van der Waals surface area contributed by atoms with Crippen molar-refractivity contribution in [2.45, 2.75) is 51.0 Å². The van der Waals surface area contributed by atoms with E-state index in [1.54, 1.807) is 19.3 Å². The van der Waals surface area contributed by atoms with Crippen LogP contribution in [0.25, 0.3) is 0 Å². The predicted molar refractivity (Wildman–Crippen MR) is 74.2 cm³/mol. The molecule has 0 radical (unpaired) electrons. The Kier molecular flexibility index (Phi) is 3.96. The van der Waals surface area contributed by atoms with Crippen LogP contribution < -0.4 is 5.32 Å². The van der Waals surface area contributed by atoms with Gasteiger partial charge in [0.2, 0.25) is 11.8 Å². The van der Waals surface area contributed by atoms with E-state index in [1.807, 2.05) is 11.0 Å². The van der Waals surface area contributed by atoms with E-state index in [4.69, 9.17) is 9.15 Å². The molecule has 2 saturated heterocycles. The number of fused-ring (bicyclic) bond motifs is 1. The Morgan fingerprint density at radius 2 is 2.24 bits per heavy atom. The number of nitrogens with zero attached hydrogens (tertiary/aromatic N) is 1. The number of hydrogen-bond donors (Lipinski definition) is 1. The van der Waals surface area contributed by atoms with Gasteiger partial charge in [0.1, 0.15) is 11.9 Å². The standard InChI is InChI=1S/C15H20N2O4/c1-10(18)17-7-6-13-12(17)4-5-14(21-13)15(19)16-9-11-3-2-8-20-11/h2-3,8,12-14H,4-7,9H2,1H3,(H,16,19)/t12-,13-,14+/m1/s1. The molecular weight excluding hydrogens is 272 g/mol. The molecule has 1 aromatic heterocycles. The zero-order chi connectivity index (χ0) is 14.8. The molecule has 0 saturated carbocycles. The average molecular weight is 292 g/mol. The van der Waals surface area contributed by atoms with Gasteiger partial charge in [-0.05, 0) is 31.4 Å². The van der Waals surface area contributed by atoms with E-state index in [9.17, 15) is 9.59 Å². The highest BCUT2D eigenvalue weighted by atomic mass is 16.5. The number of nitrogens with one attached hydrogen (secondary N) is 1. The number of carbonyl (C=O) groups excluding carboxylic acids is 2. The molecule has 0 unspecified atom stereocenters. The molecule has 6 heteroatoms. The summed E-state index contributed by atoms with van der Waals surface area (Å²) in [6.07, 6.45) is 3.43. The van der Waals surface area contributed by atoms with Crippen molar-refractivity contribution in [3.63, 3.8) is 0 Å². The second-order valence-corrected chi connectivity index (χ2v) is 5.61. The lowest BCUT2D eigenvalue weighted by atomic mass is 9.98. The molecule has 2 aliphatic heterocycles. The second kappa shape index (κ2) is 5.89. The fourth-order valence-corrected chi connectivity index (χ4v) is 3.21.